The van der Waals surface area contributed by atoms with Gasteiger partial charge in [-0.05, 0) is 20.8 Å². The van der Waals surface area contributed by atoms with Crippen molar-refractivity contribution in [1.29, 1.82) is 0 Å². The molecule has 1 N–H and O–H groups in total. The molecule has 2 nitrogen and oxygen atoms in total. The van der Waals surface area contributed by atoms with Crippen molar-refractivity contribution in [3.8, 4) is 0 Å². The van der Waals surface area contributed by atoms with Gasteiger partial charge in [0.15, 0.2) is 0 Å². The molecule has 0 saturated carbocycles. The lowest BCUT2D eigenvalue weighted by atomic mass is 10.2. The Morgan fingerprint density at radius 2 is 1.88 bits per heavy atom. The van der Waals surface area contributed by atoms with Crippen LogP contribution in [-0.4, -0.2) is 10.7 Å². The van der Waals surface area contributed by atoms with E-state index in [0.717, 1.165) is 6.26 Å². The van der Waals surface area contributed by atoms with Gasteiger partial charge >= 0.3 is 0 Å². The van der Waals surface area contributed by atoms with Crippen LogP contribution in [0.15, 0.2) is 12.5 Å². The van der Waals surface area contributed by atoms with Gasteiger partial charge in [0.1, 0.15) is 12.5 Å². The highest BCUT2D eigenvalue weighted by molar-refractivity contribution is 4.66. The van der Waals surface area contributed by atoms with Gasteiger partial charge in [-0.3, -0.25) is 0 Å². The Morgan fingerprint density at radius 1 is 1.38 bits per heavy atom. The predicted octanol–water partition coefficient (Wildman–Crippen LogP) is 1.83. The summed E-state index contributed by atoms with van der Waals surface area (Å²) in [6.07, 6.45) is 2.14. The quantitative estimate of drug-likeness (QED) is 0.529. The lowest BCUT2D eigenvalue weighted by Crippen LogP contribution is -2.15. The minimum absolute atomic E-state index is 0.195. The summed E-state index contributed by atoms with van der Waals surface area (Å²) < 4.78 is 4.95. The van der Waals surface area contributed by atoms with Crippen molar-refractivity contribution in [1.82, 2.24) is 0 Å². The normalized spacial score (nSPS) is 12.4. The largest absolute Gasteiger partial charge is 0.512 e. The van der Waals surface area contributed by atoms with E-state index in [-0.39, 0.29) is 5.60 Å². The number of rotatable bonds is 1. The predicted molar refractivity (Wildman–Crippen MR) is 32.6 cm³/mol. The third-order valence-corrected chi connectivity index (χ3v) is 0.482. The van der Waals surface area contributed by atoms with Crippen molar-refractivity contribution in [3.63, 3.8) is 0 Å². The van der Waals surface area contributed by atoms with Crippen LogP contribution in [0.1, 0.15) is 20.8 Å². The fourth-order valence-electron chi connectivity index (χ4n) is 0.235. The molecule has 0 radical (unpaired) electrons. The molecule has 48 valence electrons. The molecule has 0 heterocycles. The molecule has 0 atom stereocenters. The minimum atomic E-state index is -0.195. The molecule has 0 saturated heterocycles. The Labute approximate surface area is 49.8 Å². The molecular formula is C6H12O2. The van der Waals surface area contributed by atoms with Gasteiger partial charge in [-0.15, -0.1) is 0 Å². The van der Waals surface area contributed by atoms with Crippen molar-refractivity contribution in [2.24, 2.45) is 0 Å². The molecule has 2 heteroatoms. The van der Waals surface area contributed by atoms with Gasteiger partial charge in [-0.25, -0.2) is 0 Å². The third-order valence-electron chi connectivity index (χ3n) is 0.482. The number of ether oxygens (including phenoxy) is 1. The van der Waals surface area contributed by atoms with E-state index in [4.69, 9.17) is 9.84 Å². The monoisotopic (exact) mass is 116 g/mol. The second kappa shape index (κ2) is 2.60. The molecule has 0 rings (SSSR count). The average molecular weight is 116 g/mol. The van der Waals surface area contributed by atoms with E-state index in [2.05, 4.69) is 0 Å². The van der Waals surface area contributed by atoms with E-state index in [1.165, 1.54) is 6.26 Å². The number of aliphatic hydroxyl groups excluding tert-OH is 1. The maximum Gasteiger partial charge on any atom is 0.118 e. The van der Waals surface area contributed by atoms with Gasteiger partial charge in [0.25, 0.3) is 0 Å². The van der Waals surface area contributed by atoms with E-state index in [1.54, 1.807) is 0 Å². The molecule has 0 fully saturated rings. The Balaban J connectivity index is 3.39. The Bertz CT molecular complexity index is 79.0. The highest BCUT2D eigenvalue weighted by Crippen LogP contribution is 2.05. The van der Waals surface area contributed by atoms with Crippen LogP contribution < -0.4 is 0 Å². The molecule has 0 aliphatic heterocycles. The molecule has 0 aromatic heterocycles. The van der Waals surface area contributed by atoms with Gasteiger partial charge in [0.05, 0.1) is 5.60 Å². The zero-order chi connectivity index (χ0) is 6.62. The van der Waals surface area contributed by atoms with Crippen molar-refractivity contribution in [2.45, 2.75) is 26.4 Å². The molecule has 0 aromatic rings. The van der Waals surface area contributed by atoms with E-state index in [0.29, 0.717) is 0 Å². The summed E-state index contributed by atoms with van der Waals surface area (Å²) in [4.78, 5) is 0. The lowest BCUT2D eigenvalue weighted by Gasteiger charge is -2.16. The Hall–Kier alpha value is -0.660. The van der Waals surface area contributed by atoms with Crippen LogP contribution >= 0.6 is 0 Å². The molecule has 0 bridgehead atoms. The molecule has 0 spiro atoms. The van der Waals surface area contributed by atoms with Gasteiger partial charge < -0.3 is 9.84 Å². The molecule has 8 heavy (non-hydrogen) atoms. The number of hydrogen-bond acceptors (Lipinski definition) is 2. The van der Waals surface area contributed by atoms with E-state index >= 15 is 0 Å². The van der Waals surface area contributed by atoms with Crippen LogP contribution in [0, 0.1) is 0 Å². The lowest BCUT2D eigenvalue weighted by molar-refractivity contribution is 0.0727. The van der Waals surface area contributed by atoms with Gasteiger partial charge in [0, 0.05) is 0 Å². The zero-order valence-electron chi connectivity index (χ0n) is 5.51. The summed E-state index contributed by atoms with van der Waals surface area (Å²) in [7, 11) is 0. The number of aliphatic hydroxyl groups is 1. The smallest absolute Gasteiger partial charge is 0.118 e. The van der Waals surface area contributed by atoms with E-state index in [9.17, 15) is 0 Å². The fraction of sp³-hybridized carbons (Fsp3) is 0.667. The van der Waals surface area contributed by atoms with Crippen molar-refractivity contribution >= 4 is 0 Å². The second-order valence-corrected chi connectivity index (χ2v) is 2.52. The van der Waals surface area contributed by atoms with E-state index < -0.39 is 0 Å². The zero-order valence-corrected chi connectivity index (χ0v) is 5.51. The van der Waals surface area contributed by atoms with E-state index in [1.807, 2.05) is 20.8 Å². The van der Waals surface area contributed by atoms with Gasteiger partial charge in [-0.2, -0.15) is 0 Å². The topological polar surface area (TPSA) is 29.5 Å². The molecule has 0 aliphatic carbocycles. The van der Waals surface area contributed by atoms with Crippen LogP contribution in [0.5, 0.6) is 0 Å². The SMILES string of the molecule is CC(C)(C)O/C=C/O. The van der Waals surface area contributed by atoms with Gasteiger partial charge in [0.2, 0.25) is 0 Å². The second-order valence-electron chi connectivity index (χ2n) is 2.52. The maximum absolute atomic E-state index is 8.12. The summed E-state index contributed by atoms with van der Waals surface area (Å²) >= 11 is 0. The highest BCUT2D eigenvalue weighted by atomic mass is 16.5. The first kappa shape index (κ1) is 7.34. The summed E-state index contributed by atoms with van der Waals surface area (Å²) in [6, 6.07) is 0. The van der Waals surface area contributed by atoms with Crippen LogP contribution in [-0.2, 0) is 4.74 Å². The Morgan fingerprint density at radius 3 is 2.00 bits per heavy atom. The average Bonchev–Trinajstić information content (AvgIpc) is 1.59. The molecule has 0 amide bonds. The minimum Gasteiger partial charge on any atom is -0.512 e. The summed E-state index contributed by atoms with van der Waals surface area (Å²) in [5.74, 6) is 0. The molecule has 0 unspecified atom stereocenters. The first-order valence-corrected chi connectivity index (χ1v) is 2.53. The highest BCUT2D eigenvalue weighted by Gasteiger charge is 2.06. The molecule has 0 aliphatic rings. The fourth-order valence-corrected chi connectivity index (χ4v) is 0.235. The Kier molecular flexibility index (Phi) is 2.38. The molecular weight excluding hydrogens is 104 g/mol. The van der Waals surface area contributed by atoms with Crippen molar-refractivity contribution in [2.75, 3.05) is 0 Å². The summed E-state index contributed by atoms with van der Waals surface area (Å²) in [5.41, 5.74) is -0.195. The first-order chi connectivity index (χ1) is 3.56. The van der Waals surface area contributed by atoms with Crippen LogP contribution in [0.25, 0.3) is 0 Å². The standard InChI is InChI=1S/C6H12O2/c1-6(2,3)8-5-4-7/h4-5,7H,1-3H3/b5-4+. The maximum atomic E-state index is 8.12. The van der Waals surface area contributed by atoms with Crippen LogP contribution in [0.4, 0.5) is 0 Å². The molecule has 0 aromatic carbocycles. The van der Waals surface area contributed by atoms with Crippen molar-refractivity contribution < 1.29 is 9.84 Å². The number of hydrogen-bond donors (Lipinski definition) is 1. The third kappa shape index (κ3) is 5.34. The van der Waals surface area contributed by atoms with Crippen molar-refractivity contribution in [3.05, 3.63) is 12.5 Å². The summed E-state index contributed by atoms with van der Waals surface area (Å²) in [6.45, 7) is 5.73. The summed E-state index contributed by atoms with van der Waals surface area (Å²) in [5, 5.41) is 8.12. The van der Waals surface area contributed by atoms with Gasteiger partial charge in [-0.1, -0.05) is 0 Å². The first-order valence-electron chi connectivity index (χ1n) is 2.53. The van der Waals surface area contributed by atoms with Crippen LogP contribution in [0.3, 0.4) is 0 Å². The van der Waals surface area contributed by atoms with Crippen LogP contribution in [0.2, 0.25) is 0 Å².